The van der Waals surface area contributed by atoms with E-state index in [1.54, 1.807) is 18.2 Å². The molecule has 1 unspecified atom stereocenters. The third-order valence-corrected chi connectivity index (χ3v) is 4.05. The number of carbonyl (C=O) groups excluding carboxylic acids is 1. The standard InChI is InChI=1S/C16H22N2O3/c1-16(9-4-5-10-18-16)15(21)17-11-8-12-6-2-3-7-13(12)14(19)20/h2-3,6-7,18H,4-5,8-11H2,1H3,(H,17,21)(H,19,20). The molecule has 114 valence electrons. The summed E-state index contributed by atoms with van der Waals surface area (Å²) in [4.78, 5) is 23.4. The molecule has 1 aliphatic heterocycles. The van der Waals surface area contributed by atoms with Gasteiger partial charge in [-0.1, -0.05) is 18.2 Å². The molecular formula is C16H22N2O3. The fourth-order valence-electron chi connectivity index (χ4n) is 2.70. The van der Waals surface area contributed by atoms with Gasteiger partial charge in [0.1, 0.15) is 0 Å². The zero-order valence-corrected chi connectivity index (χ0v) is 12.3. The van der Waals surface area contributed by atoms with E-state index >= 15 is 0 Å². The Labute approximate surface area is 124 Å². The van der Waals surface area contributed by atoms with Gasteiger partial charge >= 0.3 is 5.97 Å². The van der Waals surface area contributed by atoms with Crippen molar-refractivity contribution in [2.45, 2.75) is 38.1 Å². The van der Waals surface area contributed by atoms with Crippen molar-refractivity contribution in [1.29, 1.82) is 0 Å². The summed E-state index contributed by atoms with van der Waals surface area (Å²) in [5.74, 6) is -0.937. The average molecular weight is 290 g/mol. The normalized spacial score (nSPS) is 21.8. The van der Waals surface area contributed by atoms with Crippen LogP contribution in [-0.2, 0) is 11.2 Å². The number of benzene rings is 1. The lowest BCUT2D eigenvalue weighted by molar-refractivity contribution is -0.127. The quantitative estimate of drug-likeness (QED) is 0.769. The lowest BCUT2D eigenvalue weighted by Gasteiger charge is -2.33. The minimum atomic E-state index is -0.933. The highest BCUT2D eigenvalue weighted by molar-refractivity contribution is 5.89. The van der Waals surface area contributed by atoms with Crippen LogP contribution in [0.5, 0.6) is 0 Å². The Morgan fingerprint density at radius 2 is 2.10 bits per heavy atom. The number of nitrogens with one attached hydrogen (secondary N) is 2. The van der Waals surface area contributed by atoms with Crippen LogP contribution in [0.1, 0.15) is 42.1 Å². The van der Waals surface area contributed by atoms with Gasteiger partial charge in [0.05, 0.1) is 11.1 Å². The number of hydrogen-bond donors (Lipinski definition) is 3. The number of piperidine rings is 1. The predicted molar refractivity (Wildman–Crippen MR) is 80.4 cm³/mol. The molecule has 0 bridgehead atoms. The van der Waals surface area contributed by atoms with Crippen LogP contribution in [-0.4, -0.2) is 35.6 Å². The van der Waals surface area contributed by atoms with Gasteiger partial charge in [-0.05, 0) is 50.8 Å². The Bertz CT molecular complexity index is 522. The highest BCUT2D eigenvalue weighted by Crippen LogP contribution is 2.18. The molecule has 1 fully saturated rings. The average Bonchev–Trinajstić information content (AvgIpc) is 2.48. The predicted octanol–water partition coefficient (Wildman–Crippen LogP) is 1.58. The van der Waals surface area contributed by atoms with Crippen molar-refractivity contribution in [3.05, 3.63) is 35.4 Å². The van der Waals surface area contributed by atoms with Crippen molar-refractivity contribution in [1.82, 2.24) is 10.6 Å². The van der Waals surface area contributed by atoms with E-state index in [1.165, 1.54) is 0 Å². The molecule has 0 spiro atoms. The van der Waals surface area contributed by atoms with Crippen molar-refractivity contribution < 1.29 is 14.7 Å². The van der Waals surface area contributed by atoms with Gasteiger partial charge < -0.3 is 15.7 Å². The van der Waals surface area contributed by atoms with Crippen LogP contribution < -0.4 is 10.6 Å². The first-order valence-electron chi connectivity index (χ1n) is 7.37. The largest absolute Gasteiger partial charge is 0.478 e. The van der Waals surface area contributed by atoms with Crippen molar-refractivity contribution in [2.24, 2.45) is 0 Å². The van der Waals surface area contributed by atoms with E-state index in [9.17, 15) is 9.59 Å². The molecule has 0 aromatic heterocycles. The van der Waals surface area contributed by atoms with Gasteiger partial charge in [0, 0.05) is 6.54 Å². The maximum Gasteiger partial charge on any atom is 0.335 e. The molecule has 0 radical (unpaired) electrons. The molecule has 3 N–H and O–H groups in total. The molecule has 0 aliphatic carbocycles. The number of carboxylic acid groups (broad SMARTS) is 1. The molecule has 1 amide bonds. The summed E-state index contributed by atoms with van der Waals surface area (Å²) in [6.45, 7) is 3.23. The van der Waals surface area contributed by atoms with Gasteiger partial charge in [-0.3, -0.25) is 4.79 Å². The highest BCUT2D eigenvalue weighted by atomic mass is 16.4. The Morgan fingerprint density at radius 3 is 2.76 bits per heavy atom. The monoisotopic (exact) mass is 290 g/mol. The minimum Gasteiger partial charge on any atom is -0.478 e. The first-order valence-corrected chi connectivity index (χ1v) is 7.37. The van der Waals surface area contributed by atoms with E-state index in [-0.39, 0.29) is 5.91 Å². The Kier molecular flexibility index (Phi) is 4.96. The van der Waals surface area contributed by atoms with Crippen LogP contribution in [0.4, 0.5) is 0 Å². The van der Waals surface area contributed by atoms with Gasteiger partial charge in [0.15, 0.2) is 0 Å². The zero-order valence-electron chi connectivity index (χ0n) is 12.3. The molecule has 1 atom stereocenters. The highest BCUT2D eigenvalue weighted by Gasteiger charge is 2.33. The minimum absolute atomic E-state index is 0.00462. The topological polar surface area (TPSA) is 78.4 Å². The summed E-state index contributed by atoms with van der Waals surface area (Å²) in [6.07, 6.45) is 3.52. The van der Waals surface area contributed by atoms with Gasteiger partial charge in [-0.15, -0.1) is 0 Å². The van der Waals surface area contributed by atoms with E-state index < -0.39 is 11.5 Å². The van der Waals surface area contributed by atoms with Crippen LogP contribution in [0.3, 0.4) is 0 Å². The Balaban J connectivity index is 1.90. The molecular weight excluding hydrogens is 268 g/mol. The van der Waals surface area contributed by atoms with Gasteiger partial charge in [0.2, 0.25) is 5.91 Å². The van der Waals surface area contributed by atoms with Crippen molar-refractivity contribution in [2.75, 3.05) is 13.1 Å². The molecule has 2 rings (SSSR count). The van der Waals surface area contributed by atoms with Crippen LogP contribution in [0.25, 0.3) is 0 Å². The number of rotatable bonds is 5. The second kappa shape index (κ2) is 6.72. The molecule has 1 aromatic carbocycles. The van der Waals surface area contributed by atoms with Crippen LogP contribution in [0.2, 0.25) is 0 Å². The van der Waals surface area contributed by atoms with E-state index in [0.29, 0.717) is 18.5 Å². The van der Waals surface area contributed by atoms with Crippen LogP contribution >= 0.6 is 0 Å². The molecule has 1 heterocycles. The third-order valence-electron chi connectivity index (χ3n) is 4.05. The molecule has 1 aromatic rings. The van der Waals surface area contributed by atoms with Gasteiger partial charge in [-0.2, -0.15) is 0 Å². The SMILES string of the molecule is CC1(C(=O)NCCc2ccccc2C(=O)O)CCCCN1. The second-order valence-corrected chi connectivity index (χ2v) is 5.68. The zero-order chi connectivity index (χ0) is 15.3. The van der Waals surface area contributed by atoms with Crippen molar-refractivity contribution in [3.8, 4) is 0 Å². The lowest BCUT2D eigenvalue weighted by Crippen LogP contribution is -2.57. The second-order valence-electron chi connectivity index (χ2n) is 5.68. The van der Waals surface area contributed by atoms with E-state index in [0.717, 1.165) is 31.4 Å². The summed E-state index contributed by atoms with van der Waals surface area (Å²) < 4.78 is 0. The van der Waals surface area contributed by atoms with Gasteiger partial charge in [0.25, 0.3) is 0 Å². The van der Waals surface area contributed by atoms with E-state index in [1.807, 2.05) is 13.0 Å². The fourth-order valence-corrected chi connectivity index (χ4v) is 2.70. The van der Waals surface area contributed by atoms with Crippen molar-refractivity contribution in [3.63, 3.8) is 0 Å². The maximum absolute atomic E-state index is 12.2. The Hall–Kier alpha value is -1.88. The fraction of sp³-hybridized carbons (Fsp3) is 0.500. The number of amides is 1. The molecule has 5 nitrogen and oxygen atoms in total. The first-order chi connectivity index (χ1) is 10.0. The summed E-state index contributed by atoms with van der Waals surface area (Å²) in [7, 11) is 0. The number of aromatic carboxylic acids is 1. The summed E-state index contributed by atoms with van der Waals surface area (Å²) in [5.41, 5.74) is 0.547. The number of carbonyl (C=O) groups is 2. The Morgan fingerprint density at radius 1 is 1.33 bits per heavy atom. The number of carboxylic acids is 1. The van der Waals surface area contributed by atoms with E-state index in [4.69, 9.17) is 5.11 Å². The molecule has 1 aliphatic rings. The summed E-state index contributed by atoms with van der Waals surface area (Å²) in [6, 6.07) is 6.89. The molecule has 1 saturated heterocycles. The van der Waals surface area contributed by atoms with Crippen LogP contribution in [0.15, 0.2) is 24.3 Å². The first kappa shape index (κ1) is 15.5. The van der Waals surface area contributed by atoms with Crippen molar-refractivity contribution >= 4 is 11.9 Å². The summed E-state index contributed by atoms with van der Waals surface area (Å²) in [5, 5.41) is 15.3. The summed E-state index contributed by atoms with van der Waals surface area (Å²) >= 11 is 0. The smallest absolute Gasteiger partial charge is 0.335 e. The van der Waals surface area contributed by atoms with Gasteiger partial charge in [-0.25, -0.2) is 4.79 Å². The third kappa shape index (κ3) is 3.82. The maximum atomic E-state index is 12.2. The molecule has 21 heavy (non-hydrogen) atoms. The van der Waals surface area contributed by atoms with E-state index in [2.05, 4.69) is 10.6 Å². The lowest BCUT2D eigenvalue weighted by atomic mass is 9.90. The van der Waals surface area contributed by atoms with Crippen LogP contribution in [0, 0.1) is 0 Å². The number of hydrogen-bond acceptors (Lipinski definition) is 3. The molecule has 5 heteroatoms. The molecule has 0 saturated carbocycles.